The highest BCUT2D eigenvalue weighted by Crippen LogP contribution is 2.26. The van der Waals surface area contributed by atoms with E-state index in [-0.39, 0.29) is 6.10 Å². The monoisotopic (exact) mass is 269 g/mol. The summed E-state index contributed by atoms with van der Waals surface area (Å²) in [7, 11) is 2.18. The van der Waals surface area contributed by atoms with Crippen LogP contribution in [0.3, 0.4) is 0 Å². The Hall–Kier alpha value is -0.160. The molecule has 0 spiro atoms. The number of aliphatic hydroxyl groups excluding tert-OH is 1. The number of piperazine rings is 1. The van der Waals surface area contributed by atoms with Crippen molar-refractivity contribution in [2.24, 2.45) is 5.92 Å². The molecule has 0 aromatic heterocycles. The van der Waals surface area contributed by atoms with Crippen molar-refractivity contribution in [3.05, 3.63) is 0 Å². The lowest BCUT2D eigenvalue weighted by atomic mass is 9.86. The topological polar surface area (TPSA) is 38.7 Å². The standard InChI is InChI=1S/C15H31N3O/c1-13-4-3-5-14(10-13)17(2)11-15(19)12-18-8-6-16-7-9-18/h13-16,19H,3-12H2,1-2H3. The van der Waals surface area contributed by atoms with Crippen molar-refractivity contribution in [3.8, 4) is 0 Å². The van der Waals surface area contributed by atoms with Crippen molar-refractivity contribution in [1.82, 2.24) is 15.1 Å². The molecule has 4 heteroatoms. The molecule has 1 saturated carbocycles. The third-order valence-corrected chi connectivity index (χ3v) is 4.71. The van der Waals surface area contributed by atoms with Gasteiger partial charge in [0.2, 0.25) is 0 Å². The molecule has 1 aliphatic heterocycles. The van der Waals surface area contributed by atoms with Gasteiger partial charge in [-0.2, -0.15) is 0 Å². The molecule has 2 fully saturated rings. The zero-order valence-corrected chi connectivity index (χ0v) is 12.6. The first-order valence-corrected chi connectivity index (χ1v) is 7.96. The number of hydrogen-bond acceptors (Lipinski definition) is 4. The molecule has 1 saturated heterocycles. The van der Waals surface area contributed by atoms with Crippen molar-refractivity contribution in [1.29, 1.82) is 0 Å². The van der Waals surface area contributed by atoms with Crippen LogP contribution in [0.5, 0.6) is 0 Å². The van der Waals surface area contributed by atoms with Gasteiger partial charge in [0, 0.05) is 45.3 Å². The van der Waals surface area contributed by atoms with Gasteiger partial charge in [-0.05, 0) is 25.8 Å². The summed E-state index contributed by atoms with van der Waals surface area (Å²) >= 11 is 0. The van der Waals surface area contributed by atoms with E-state index in [1.54, 1.807) is 0 Å². The van der Waals surface area contributed by atoms with Crippen molar-refractivity contribution < 1.29 is 5.11 Å². The van der Waals surface area contributed by atoms with Gasteiger partial charge >= 0.3 is 0 Å². The van der Waals surface area contributed by atoms with Gasteiger partial charge in [0.1, 0.15) is 0 Å². The SMILES string of the molecule is CC1CCCC(N(C)CC(O)CN2CCNCC2)C1. The first-order valence-electron chi connectivity index (χ1n) is 7.96. The quantitative estimate of drug-likeness (QED) is 0.773. The molecular weight excluding hydrogens is 238 g/mol. The van der Waals surface area contributed by atoms with Gasteiger partial charge in [-0.15, -0.1) is 0 Å². The van der Waals surface area contributed by atoms with E-state index in [9.17, 15) is 5.11 Å². The number of hydrogen-bond donors (Lipinski definition) is 2. The third kappa shape index (κ3) is 5.03. The molecule has 0 amide bonds. The summed E-state index contributed by atoms with van der Waals surface area (Å²) in [6, 6.07) is 0.682. The molecule has 0 bridgehead atoms. The maximum atomic E-state index is 10.3. The van der Waals surface area contributed by atoms with E-state index >= 15 is 0 Å². The molecule has 19 heavy (non-hydrogen) atoms. The molecule has 0 radical (unpaired) electrons. The third-order valence-electron chi connectivity index (χ3n) is 4.71. The Bertz CT molecular complexity index is 256. The molecule has 1 aliphatic carbocycles. The molecule has 0 aromatic rings. The minimum Gasteiger partial charge on any atom is -0.390 e. The Morgan fingerprint density at radius 3 is 2.74 bits per heavy atom. The highest BCUT2D eigenvalue weighted by atomic mass is 16.3. The molecule has 1 heterocycles. The number of likely N-dealkylation sites (N-methyl/N-ethyl adjacent to an activating group) is 1. The zero-order valence-electron chi connectivity index (χ0n) is 12.6. The van der Waals surface area contributed by atoms with E-state index in [1.807, 2.05) is 0 Å². The maximum Gasteiger partial charge on any atom is 0.0793 e. The molecule has 4 nitrogen and oxygen atoms in total. The van der Waals surface area contributed by atoms with Gasteiger partial charge in [0.15, 0.2) is 0 Å². The predicted octanol–water partition coefficient (Wildman–Crippen LogP) is 0.763. The normalized spacial score (nSPS) is 31.6. The molecule has 3 unspecified atom stereocenters. The Morgan fingerprint density at radius 2 is 2.05 bits per heavy atom. The van der Waals surface area contributed by atoms with E-state index in [1.165, 1.54) is 25.7 Å². The fourth-order valence-corrected chi connectivity index (χ4v) is 3.53. The molecular formula is C15H31N3O. The Morgan fingerprint density at radius 1 is 1.32 bits per heavy atom. The first kappa shape index (κ1) is 15.2. The second kappa shape index (κ2) is 7.58. The van der Waals surface area contributed by atoms with Crippen LogP contribution >= 0.6 is 0 Å². The minimum absolute atomic E-state index is 0.208. The minimum atomic E-state index is -0.208. The summed E-state index contributed by atoms with van der Waals surface area (Å²) in [5.74, 6) is 0.853. The molecule has 3 atom stereocenters. The number of aliphatic hydroxyl groups is 1. The van der Waals surface area contributed by atoms with Crippen LogP contribution in [0.15, 0.2) is 0 Å². The van der Waals surface area contributed by atoms with Crippen LogP contribution < -0.4 is 5.32 Å². The Kier molecular flexibility index (Phi) is 6.07. The second-order valence-electron chi connectivity index (χ2n) is 6.57. The van der Waals surface area contributed by atoms with Crippen LogP contribution in [0.4, 0.5) is 0 Å². The molecule has 112 valence electrons. The van der Waals surface area contributed by atoms with Crippen LogP contribution in [-0.2, 0) is 0 Å². The van der Waals surface area contributed by atoms with E-state index < -0.39 is 0 Å². The highest BCUT2D eigenvalue weighted by molar-refractivity contribution is 4.80. The summed E-state index contributed by atoms with van der Waals surface area (Å²) in [6.07, 6.45) is 5.14. The van der Waals surface area contributed by atoms with Crippen LogP contribution in [0.1, 0.15) is 32.6 Å². The van der Waals surface area contributed by atoms with Gasteiger partial charge in [-0.1, -0.05) is 19.8 Å². The van der Waals surface area contributed by atoms with Crippen molar-refractivity contribution in [2.45, 2.75) is 44.8 Å². The van der Waals surface area contributed by atoms with Gasteiger partial charge < -0.3 is 15.3 Å². The first-order chi connectivity index (χ1) is 9.15. The Balaban J connectivity index is 1.69. The van der Waals surface area contributed by atoms with Crippen molar-refractivity contribution in [3.63, 3.8) is 0 Å². The number of β-amino-alcohol motifs (C(OH)–C–C–N with tert-alkyl or cyclic N) is 1. The number of nitrogens with one attached hydrogen (secondary N) is 1. The number of rotatable bonds is 5. The fraction of sp³-hybridized carbons (Fsp3) is 1.00. The lowest BCUT2D eigenvalue weighted by Gasteiger charge is -2.36. The lowest BCUT2D eigenvalue weighted by Crippen LogP contribution is -2.49. The fourth-order valence-electron chi connectivity index (χ4n) is 3.53. The highest BCUT2D eigenvalue weighted by Gasteiger charge is 2.24. The summed E-state index contributed by atoms with van der Waals surface area (Å²) in [5, 5.41) is 13.6. The number of nitrogens with zero attached hydrogens (tertiary/aromatic N) is 2. The largest absolute Gasteiger partial charge is 0.390 e. The summed E-state index contributed by atoms with van der Waals surface area (Å²) in [6.45, 7) is 8.26. The maximum absolute atomic E-state index is 10.3. The van der Waals surface area contributed by atoms with E-state index in [0.29, 0.717) is 6.04 Å². The van der Waals surface area contributed by atoms with Gasteiger partial charge in [0.05, 0.1) is 6.10 Å². The Labute approximate surface area is 118 Å². The second-order valence-corrected chi connectivity index (χ2v) is 6.57. The molecule has 2 N–H and O–H groups in total. The van der Waals surface area contributed by atoms with Crippen molar-refractivity contribution in [2.75, 3.05) is 46.3 Å². The lowest BCUT2D eigenvalue weighted by molar-refractivity contribution is 0.0534. The van der Waals surface area contributed by atoms with E-state index in [2.05, 4.69) is 29.1 Å². The average Bonchev–Trinajstić information content (AvgIpc) is 2.39. The van der Waals surface area contributed by atoms with Crippen molar-refractivity contribution >= 4 is 0 Å². The van der Waals surface area contributed by atoms with Gasteiger partial charge in [-0.25, -0.2) is 0 Å². The van der Waals surface area contributed by atoms with Crippen LogP contribution in [0.25, 0.3) is 0 Å². The molecule has 2 aliphatic rings. The predicted molar refractivity (Wildman–Crippen MR) is 79.4 cm³/mol. The summed E-state index contributed by atoms with van der Waals surface area (Å²) in [4.78, 5) is 4.76. The summed E-state index contributed by atoms with van der Waals surface area (Å²) < 4.78 is 0. The smallest absolute Gasteiger partial charge is 0.0793 e. The van der Waals surface area contributed by atoms with Gasteiger partial charge in [-0.3, -0.25) is 4.90 Å². The van der Waals surface area contributed by atoms with Crippen LogP contribution in [0.2, 0.25) is 0 Å². The molecule has 0 aromatic carbocycles. The molecule has 2 rings (SSSR count). The average molecular weight is 269 g/mol. The summed E-state index contributed by atoms with van der Waals surface area (Å²) in [5.41, 5.74) is 0. The zero-order chi connectivity index (χ0) is 13.7. The van der Waals surface area contributed by atoms with E-state index in [4.69, 9.17) is 0 Å². The van der Waals surface area contributed by atoms with Crippen LogP contribution in [0, 0.1) is 5.92 Å². The van der Waals surface area contributed by atoms with Crippen LogP contribution in [-0.4, -0.2) is 73.4 Å². The van der Waals surface area contributed by atoms with E-state index in [0.717, 1.165) is 45.2 Å². The van der Waals surface area contributed by atoms with Gasteiger partial charge in [0.25, 0.3) is 0 Å².